The molecule has 5 nitrogen and oxygen atoms in total. The maximum Gasteiger partial charge on any atom is 0.311 e. The van der Waals surface area contributed by atoms with Crippen molar-refractivity contribution in [3.05, 3.63) is 29.8 Å². The van der Waals surface area contributed by atoms with Gasteiger partial charge in [0.15, 0.2) is 0 Å². The molecule has 2 aliphatic heterocycles. The van der Waals surface area contributed by atoms with Crippen LogP contribution in [0, 0.1) is 5.41 Å². The second-order valence-electron chi connectivity index (χ2n) is 6.29. The van der Waals surface area contributed by atoms with Gasteiger partial charge in [-0.1, -0.05) is 18.2 Å². The maximum atomic E-state index is 12.6. The van der Waals surface area contributed by atoms with Gasteiger partial charge in [0.25, 0.3) is 0 Å². The molecule has 0 saturated carbocycles. The maximum absolute atomic E-state index is 12.6. The van der Waals surface area contributed by atoms with Gasteiger partial charge < -0.3 is 15.3 Å². The van der Waals surface area contributed by atoms with Crippen LogP contribution in [0.4, 0.5) is 5.69 Å². The van der Waals surface area contributed by atoms with E-state index in [4.69, 9.17) is 0 Å². The van der Waals surface area contributed by atoms with Crippen LogP contribution in [0.5, 0.6) is 0 Å². The van der Waals surface area contributed by atoms with E-state index in [0.717, 1.165) is 17.7 Å². The molecule has 0 radical (unpaired) electrons. The van der Waals surface area contributed by atoms with Crippen molar-refractivity contribution < 1.29 is 14.7 Å². The first-order valence-electron chi connectivity index (χ1n) is 7.36. The molecule has 3 rings (SSSR count). The first-order valence-corrected chi connectivity index (χ1v) is 7.36. The number of hydrogen-bond acceptors (Lipinski definition) is 3. The Balaban J connectivity index is 1.71. The summed E-state index contributed by atoms with van der Waals surface area (Å²) >= 11 is 0. The lowest BCUT2D eigenvalue weighted by Crippen LogP contribution is -2.52. The Morgan fingerprint density at radius 3 is 2.86 bits per heavy atom. The zero-order valence-corrected chi connectivity index (χ0v) is 12.1. The van der Waals surface area contributed by atoms with Crippen molar-refractivity contribution in [1.29, 1.82) is 0 Å². The van der Waals surface area contributed by atoms with Crippen molar-refractivity contribution in [2.75, 3.05) is 18.4 Å². The van der Waals surface area contributed by atoms with Crippen LogP contribution in [0.15, 0.2) is 24.3 Å². The summed E-state index contributed by atoms with van der Waals surface area (Å²) in [6, 6.07) is 7.64. The van der Waals surface area contributed by atoms with E-state index in [0.29, 0.717) is 25.9 Å². The number of nitrogens with one attached hydrogen (secondary N) is 1. The van der Waals surface area contributed by atoms with Gasteiger partial charge in [0.05, 0.1) is 5.41 Å². The van der Waals surface area contributed by atoms with Gasteiger partial charge in [-0.25, -0.2) is 0 Å². The van der Waals surface area contributed by atoms with E-state index in [1.165, 1.54) is 0 Å². The van der Waals surface area contributed by atoms with Crippen molar-refractivity contribution in [3.8, 4) is 0 Å². The quantitative estimate of drug-likeness (QED) is 0.869. The van der Waals surface area contributed by atoms with Crippen LogP contribution in [0.1, 0.15) is 25.3 Å². The van der Waals surface area contributed by atoms with Gasteiger partial charge in [0.1, 0.15) is 6.04 Å². The number of carboxylic acids is 1. The molecule has 2 aliphatic rings. The number of likely N-dealkylation sites (tertiary alicyclic amines) is 1. The summed E-state index contributed by atoms with van der Waals surface area (Å²) in [5.41, 5.74) is 1.34. The van der Waals surface area contributed by atoms with Gasteiger partial charge >= 0.3 is 5.97 Å². The molecule has 1 aromatic carbocycles. The molecule has 2 heterocycles. The largest absolute Gasteiger partial charge is 0.481 e. The number of para-hydroxylation sites is 1. The molecule has 5 heteroatoms. The Morgan fingerprint density at radius 2 is 2.14 bits per heavy atom. The second-order valence-corrected chi connectivity index (χ2v) is 6.29. The number of carbonyl (C=O) groups excluding carboxylic acids is 1. The van der Waals surface area contributed by atoms with Gasteiger partial charge in [-0.2, -0.15) is 0 Å². The van der Waals surface area contributed by atoms with Crippen molar-refractivity contribution in [2.45, 2.75) is 32.2 Å². The highest BCUT2D eigenvalue weighted by molar-refractivity contribution is 5.88. The zero-order valence-electron chi connectivity index (χ0n) is 12.1. The number of rotatable bonds is 2. The molecule has 2 atom stereocenters. The Bertz CT molecular complexity index is 562. The van der Waals surface area contributed by atoms with E-state index in [1.54, 1.807) is 11.8 Å². The van der Waals surface area contributed by atoms with E-state index < -0.39 is 11.4 Å². The molecule has 0 aromatic heterocycles. The molecule has 1 fully saturated rings. The Kier molecular flexibility index (Phi) is 3.35. The summed E-state index contributed by atoms with van der Waals surface area (Å²) in [6.07, 6.45) is 2.05. The Hall–Kier alpha value is -2.04. The third-order valence-electron chi connectivity index (χ3n) is 4.59. The van der Waals surface area contributed by atoms with Crippen LogP contribution in [-0.2, 0) is 16.0 Å². The van der Waals surface area contributed by atoms with Crippen LogP contribution in [-0.4, -0.2) is 41.0 Å². The predicted molar refractivity (Wildman–Crippen MR) is 79.1 cm³/mol. The smallest absolute Gasteiger partial charge is 0.311 e. The van der Waals surface area contributed by atoms with Crippen LogP contribution in [0.2, 0.25) is 0 Å². The SMILES string of the molecule is CC1(C(=O)O)CCCN(C(=O)[C@@H]2Cc3ccccc3N2)C1. The molecule has 1 amide bonds. The molecular weight excluding hydrogens is 268 g/mol. The molecule has 1 saturated heterocycles. The van der Waals surface area contributed by atoms with Crippen LogP contribution < -0.4 is 5.32 Å². The average Bonchev–Trinajstić information content (AvgIpc) is 2.90. The van der Waals surface area contributed by atoms with E-state index in [-0.39, 0.29) is 11.9 Å². The molecule has 2 N–H and O–H groups in total. The monoisotopic (exact) mass is 288 g/mol. The molecule has 0 aliphatic carbocycles. The molecule has 21 heavy (non-hydrogen) atoms. The third-order valence-corrected chi connectivity index (χ3v) is 4.59. The Morgan fingerprint density at radius 1 is 1.38 bits per heavy atom. The highest BCUT2D eigenvalue weighted by Gasteiger charge is 2.41. The fraction of sp³-hybridized carbons (Fsp3) is 0.500. The highest BCUT2D eigenvalue weighted by Crippen LogP contribution is 2.32. The predicted octanol–water partition coefficient (Wildman–Crippen LogP) is 1.74. The van der Waals surface area contributed by atoms with E-state index in [9.17, 15) is 14.7 Å². The topological polar surface area (TPSA) is 69.6 Å². The first-order chi connectivity index (χ1) is 9.99. The lowest BCUT2D eigenvalue weighted by atomic mass is 9.82. The van der Waals surface area contributed by atoms with Gasteiger partial charge in [0, 0.05) is 25.2 Å². The molecule has 0 spiro atoms. The van der Waals surface area contributed by atoms with Crippen molar-refractivity contribution in [2.24, 2.45) is 5.41 Å². The zero-order chi connectivity index (χ0) is 15.0. The fourth-order valence-corrected chi connectivity index (χ4v) is 3.27. The minimum absolute atomic E-state index is 0.0124. The minimum Gasteiger partial charge on any atom is -0.481 e. The van der Waals surface area contributed by atoms with Crippen LogP contribution in [0.3, 0.4) is 0 Å². The number of nitrogens with zero attached hydrogens (tertiary/aromatic N) is 1. The van der Waals surface area contributed by atoms with E-state index in [2.05, 4.69) is 5.32 Å². The number of hydrogen-bond donors (Lipinski definition) is 2. The Labute approximate surface area is 123 Å². The molecule has 1 unspecified atom stereocenters. The normalized spacial score (nSPS) is 27.9. The third kappa shape index (κ3) is 2.48. The van der Waals surface area contributed by atoms with Crippen molar-refractivity contribution in [3.63, 3.8) is 0 Å². The van der Waals surface area contributed by atoms with E-state index >= 15 is 0 Å². The van der Waals surface area contributed by atoms with Crippen molar-refractivity contribution >= 4 is 17.6 Å². The standard InChI is InChI=1S/C16H20N2O3/c1-16(15(20)21)7-4-8-18(10-16)14(19)13-9-11-5-2-3-6-12(11)17-13/h2-3,5-6,13,17H,4,7-10H2,1H3,(H,20,21)/t13-,16?/m0/s1. The average molecular weight is 288 g/mol. The van der Waals surface area contributed by atoms with E-state index in [1.807, 2.05) is 24.3 Å². The van der Waals surface area contributed by atoms with Crippen molar-refractivity contribution in [1.82, 2.24) is 4.90 Å². The molecule has 0 bridgehead atoms. The lowest BCUT2D eigenvalue weighted by Gasteiger charge is -2.38. The second kappa shape index (κ2) is 5.06. The van der Waals surface area contributed by atoms with Crippen LogP contribution in [0.25, 0.3) is 0 Å². The summed E-state index contributed by atoms with van der Waals surface area (Å²) in [5.74, 6) is -0.805. The van der Waals surface area contributed by atoms with Gasteiger partial charge in [0.2, 0.25) is 5.91 Å². The first kappa shape index (κ1) is 13.9. The summed E-state index contributed by atoms with van der Waals surface area (Å²) in [4.78, 5) is 25.7. The lowest BCUT2D eigenvalue weighted by molar-refractivity contribution is -0.153. The molecule has 1 aromatic rings. The minimum atomic E-state index is -0.820. The summed E-state index contributed by atoms with van der Waals surface area (Å²) in [7, 11) is 0. The van der Waals surface area contributed by atoms with Gasteiger partial charge in [-0.3, -0.25) is 9.59 Å². The molecule has 112 valence electrons. The fourth-order valence-electron chi connectivity index (χ4n) is 3.27. The van der Waals surface area contributed by atoms with Gasteiger partial charge in [-0.05, 0) is 31.4 Å². The number of carbonyl (C=O) groups is 2. The number of fused-ring (bicyclic) bond motifs is 1. The summed E-state index contributed by atoms with van der Waals surface area (Å²) in [5, 5.41) is 12.6. The number of benzene rings is 1. The number of amides is 1. The highest BCUT2D eigenvalue weighted by atomic mass is 16.4. The number of carboxylic acid groups (broad SMARTS) is 1. The van der Waals surface area contributed by atoms with Gasteiger partial charge in [-0.15, -0.1) is 0 Å². The number of anilines is 1. The number of aliphatic carboxylic acids is 1. The summed E-state index contributed by atoms with van der Waals surface area (Å²) in [6.45, 7) is 2.68. The molecular formula is C16H20N2O3. The van der Waals surface area contributed by atoms with Crippen LogP contribution >= 0.6 is 0 Å². The summed E-state index contributed by atoms with van der Waals surface area (Å²) < 4.78 is 0. The number of piperidine rings is 1.